The number of hydrogen-bond donors (Lipinski definition) is 1. The van der Waals surface area contributed by atoms with Crippen molar-refractivity contribution >= 4 is 27.6 Å². The van der Waals surface area contributed by atoms with Crippen LogP contribution in [-0.4, -0.2) is 22.2 Å². The van der Waals surface area contributed by atoms with Crippen LogP contribution in [0.25, 0.3) is 0 Å². The van der Waals surface area contributed by atoms with E-state index in [0.29, 0.717) is 12.1 Å². The van der Waals surface area contributed by atoms with Crippen LogP contribution in [-0.2, 0) is 23.0 Å². The van der Waals surface area contributed by atoms with Gasteiger partial charge in [0.1, 0.15) is 11.5 Å². The van der Waals surface area contributed by atoms with Crippen molar-refractivity contribution in [2.75, 3.05) is 0 Å². The van der Waals surface area contributed by atoms with Crippen LogP contribution >= 0.6 is 15.9 Å². The van der Waals surface area contributed by atoms with Crippen molar-refractivity contribution in [2.24, 2.45) is 0 Å². The van der Waals surface area contributed by atoms with Crippen molar-refractivity contribution in [3.8, 4) is 0 Å². The zero-order chi connectivity index (χ0) is 18.4. The molecule has 2 aromatic rings. The molecule has 0 aliphatic heterocycles. The van der Waals surface area contributed by atoms with Crippen LogP contribution in [0.5, 0.6) is 0 Å². The summed E-state index contributed by atoms with van der Waals surface area (Å²) in [5.41, 5.74) is 2.96. The smallest absolute Gasteiger partial charge is 0.270 e. The van der Waals surface area contributed by atoms with Crippen LogP contribution in [0.2, 0.25) is 0 Å². The van der Waals surface area contributed by atoms with E-state index < -0.39 is 0 Å². The Balaban J connectivity index is 2.03. The summed E-state index contributed by atoms with van der Waals surface area (Å²) in [7, 11) is 0. The van der Waals surface area contributed by atoms with Gasteiger partial charge in [0, 0.05) is 29.9 Å². The van der Waals surface area contributed by atoms with Crippen LogP contribution in [0.4, 0.5) is 0 Å². The van der Waals surface area contributed by atoms with Crippen molar-refractivity contribution in [3.63, 3.8) is 0 Å². The van der Waals surface area contributed by atoms with Gasteiger partial charge in [-0.1, -0.05) is 40.2 Å². The lowest BCUT2D eigenvalue weighted by Crippen LogP contribution is -2.40. The zero-order valence-corrected chi connectivity index (χ0v) is 16.4. The van der Waals surface area contributed by atoms with Gasteiger partial charge in [0.15, 0.2) is 0 Å². The van der Waals surface area contributed by atoms with E-state index in [9.17, 15) is 9.59 Å². The first-order valence-corrected chi connectivity index (χ1v) is 9.32. The number of halogens is 1. The molecule has 0 radical (unpaired) electrons. The fourth-order valence-corrected chi connectivity index (χ4v) is 2.80. The molecule has 0 saturated heterocycles. The number of hydrogen-bond acceptors (Lipinski definition) is 3. The molecule has 2 rings (SSSR count). The predicted octanol–water partition coefficient (Wildman–Crippen LogP) is 3.86. The second-order valence-electron chi connectivity index (χ2n) is 7.10. The van der Waals surface area contributed by atoms with Gasteiger partial charge >= 0.3 is 0 Å². The predicted molar refractivity (Wildman–Crippen MR) is 103 cm³/mol. The van der Waals surface area contributed by atoms with Crippen molar-refractivity contribution in [2.45, 2.75) is 44.5 Å². The molecule has 0 spiro atoms. The summed E-state index contributed by atoms with van der Waals surface area (Å²) < 4.78 is 0. The summed E-state index contributed by atoms with van der Waals surface area (Å²) in [6, 6.07) is 11.4. The van der Waals surface area contributed by atoms with E-state index in [-0.39, 0.29) is 23.7 Å². The molecule has 0 unspecified atom stereocenters. The van der Waals surface area contributed by atoms with E-state index >= 15 is 0 Å². The monoisotopic (exact) mass is 402 g/mol. The quantitative estimate of drug-likeness (QED) is 0.746. The Kier molecular flexibility index (Phi) is 6.48. The van der Waals surface area contributed by atoms with Crippen LogP contribution in [0.3, 0.4) is 0 Å². The molecule has 1 aromatic carbocycles. The second kappa shape index (κ2) is 8.39. The molecule has 25 heavy (non-hydrogen) atoms. The van der Waals surface area contributed by atoms with Crippen LogP contribution in [0.15, 0.2) is 42.6 Å². The minimum absolute atomic E-state index is 0.111. The van der Waals surface area contributed by atoms with E-state index in [1.165, 1.54) is 0 Å². The number of carbonyl (C=O) groups is 2. The number of amides is 1. The third-order valence-electron chi connectivity index (χ3n) is 3.49. The highest BCUT2D eigenvalue weighted by atomic mass is 79.9. The molecule has 4 nitrogen and oxygen atoms in total. The van der Waals surface area contributed by atoms with E-state index in [4.69, 9.17) is 0 Å². The summed E-state index contributed by atoms with van der Waals surface area (Å²) in [5, 5.41) is 3.65. The minimum Gasteiger partial charge on any atom is -0.346 e. The average Bonchev–Trinajstić information content (AvgIpc) is 2.53. The Labute approximate surface area is 157 Å². The number of carbonyl (C=O) groups excluding carboxylic acids is 2. The number of ketones is 1. The van der Waals surface area contributed by atoms with E-state index in [0.717, 1.165) is 22.0 Å². The molecular formula is C20H23BrN2O2. The first kappa shape index (κ1) is 19.3. The Bertz CT molecular complexity index is 766. The Morgan fingerprint density at radius 1 is 1.04 bits per heavy atom. The summed E-state index contributed by atoms with van der Waals surface area (Å²) in [6.07, 6.45) is 2.25. The molecule has 1 amide bonds. The van der Waals surface area contributed by atoms with Crippen LogP contribution in [0.1, 0.15) is 48.0 Å². The van der Waals surface area contributed by atoms with Crippen molar-refractivity contribution < 1.29 is 9.59 Å². The number of Topliss-reactive ketones (excluding diaryl/α,β-unsaturated/α-hetero) is 1. The third-order valence-corrected chi connectivity index (χ3v) is 4.14. The molecule has 0 aliphatic rings. The highest BCUT2D eigenvalue weighted by Gasteiger charge is 2.17. The molecule has 132 valence electrons. The van der Waals surface area contributed by atoms with Gasteiger partial charge in [0.05, 0.1) is 0 Å². The minimum atomic E-state index is -0.328. The van der Waals surface area contributed by atoms with Crippen LogP contribution in [0, 0.1) is 0 Å². The number of benzene rings is 1. The molecule has 1 N–H and O–H groups in total. The summed E-state index contributed by atoms with van der Waals surface area (Å²) in [5.74, 6) is -0.119. The maximum atomic E-state index is 12.4. The Hall–Kier alpha value is -2.01. The van der Waals surface area contributed by atoms with Gasteiger partial charge in [-0.25, -0.2) is 0 Å². The number of pyridine rings is 1. The van der Waals surface area contributed by atoms with Gasteiger partial charge in [-0.15, -0.1) is 0 Å². The molecule has 0 atom stereocenters. The summed E-state index contributed by atoms with van der Waals surface area (Å²) in [6.45, 7) is 5.75. The number of rotatable bonds is 6. The normalized spacial score (nSPS) is 11.2. The maximum Gasteiger partial charge on any atom is 0.270 e. The number of nitrogens with zero attached hydrogens (tertiary/aromatic N) is 1. The molecule has 5 heteroatoms. The lowest BCUT2D eigenvalue weighted by molar-refractivity contribution is -0.117. The standard InChI is InChI=1S/C20H23BrN2O2/c1-20(2,3)23-19(25)18-12-15(7-8-22-18)11-17(24)10-14-5-4-6-16(9-14)13-21/h4-9,12H,10-11,13H2,1-3H3,(H,23,25). The molecule has 0 saturated carbocycles. The average molecular weight is 403 g/mol. The molecule has 0 bridgehead atoms. The fourth-order valence-electron chi connectivity index (χ4n) is 2.45. The topological polar surface area (TPSA) is 59.1 Å². The molecule has 1 aromatic heterocycles. The highest BCUT2D eigenvalue weighted by Crippen LogP contribution is 2.12. The first-order chi connectivity index (χ1) is 11.8. The first-order valence-electron chi connectivity index (χ1n) is 8.20. The maximum absolute atomic E-state index is 12.4. The van der Waals surface area contributed by atoms with Gasteiger partial charge in [0.2, 0.25) is 0 Å². The molecule has 0 fully saturated rings. The second-order valence-corrected chi connectivity index (χ2v) is 7.66. The Morgan fingerprint density at radius 3 is 2.32 bits per heavy atom. The van der Waals surface area contributed by atoms with Crippen molar-refractivity contribution in [1.29, 1.82) is 0 Å². The lowest BCUT2D eigenvalue weighted by Gasteiger charge is -2.20. The van der Waals surface area contributed by atoms with Crippen molar-refractivity contribution in [3.05, 3.63) is 65.0 Å². The third kappa shape index (κ3) is 6.42. The fraction of sp³-hybridized carbons (Fsp3) is 0.350. The summed E-state index contributed by atoms with van der Waals surface area (Å²) >= 11 is 3.42. The molecule has 0 aliphatic carbocycles. The van der Waals surface area contributed by atoms with Crippen molar-refractivity contribution in [1.82, 2.24) is 10.3 Å². The van der Waals surface area contributed by atoms with E-state index in [2.05, 4.69) is 26.2 Å². The summed E-state index contributed by atoms with van der Waals surface area (Å²) in [4.78, 5) is 28.7. The van der Waals surface area contributed by atoms with E-state index in [1.54, 1.807) is 18.3 Å². The van der Waals surface area contributed by atoms with Crippen LogP contribution < -0.4 is 5.32 Å². The van der Waals surface area contributed by atoms with Gasteiger partial charge < -0.3 is 5.32 Å². The van der Waals surface area contributed by atoms with Gasteiger partial charge in [0.25, 0.3) is 5.91 Å². The van der Waals surface area contributed by atoms with E-state index in [1.807, 2.05) is 45.0 Å². The highest BCUT2D eigenvalue weighted by molar-refractivity contribution is 9.08. The number of aromatic nitrogens is 1. The largest absolute Gasteiger partial charge is 0.346 e. The zero-order valence-electron chi connectivity index (χ0n) is 14.8. The Morgan fingerprint density at radius 2 is 1.68 bits per heavy atom. The number of alkyl halides is 1. The SMILES string of the molecule is CC(C)(C)NC(=O)c1cc(CC(=O)Cc2cccc(CBr)c2)ccn1. The van der Waals surface area contributed by atoms with Gasteiger partial charge in [-0.2, -0.15) is 0 Å². The molecular weight excluding hydrogens is 380 g/mol. The lowest BCUT2D eigenvalue weighted by atomic mass is 10.0. The van der Waals surface area contributed by atoms with Gasteiger partial charge in [-0.3, -0.25) is 14.6 Å². The number of nitrogens with one attached hydrogen (secondary N) is 1. The van der Waals surface area contributed by atoms with Gasteiger partial charge in [-0.05, 0) is 49.6 Å². The molecule has 1 heterocycles.